The zero-order chi connectivity index (χ0) is 15.5. The maximum atomic E-state index is 4.52. The molecule has 4 rings (SSSR count). The fourth-order valence-electron chi connectivity index (χ4n) is 2.62. The molecule has 0 atom stereocenters. The molecule has 1 N–H and O–H groups in total. The van der Waals surface area contributed by atoms with Crippen LogP contribution in [0.2, 0.25) is 0 Å². The van der Waals surface area contributed by atoms with Gasteiger partial charge >= 0.3 is 0 Å². The average molecular weight is 300 g/mol. The molecule has 0 amide bonds. The van der Waals surface area contributed by atoms with E-state index in [0.717, 1.165) is 29.0 Å². The van der Waals surface area contributed by atoms with E-state index >= 15 is 0 Å². The Morgan fingerprint density at radius 1 is 0.913 bits per heavy atom. The second kappa shape index (κ2) is 5.93. The Morgan fingerprint density at radius 2 is 1.74 bits per heavy atom. The monoisotopic (exact) mass is 300 g/mol. The third kappa shape index (κ3) is 2.79. The highest BCUT2D eigenvalue weighted by atomic mass is 15.0. The van der Waals surface area contributed by atoms with Gasteiger partial charge in [0, 0.05) is 30.3 Å². The van der Waals surface area contributed by atoms with Crippen LogP contribution in [0.25, 0.3) is 16.7 Å². The Labute approximate surface area is 134 Å². The number of anilines is 1. The van der Waals surface area contributed by atoms with Gasteiger partial charge in [-0.05, 0) is 48.0 Å². The molecule has 112 valence electrons. The van der Waals surface area contributed by atoms with Crippen molar-refractivity contribution >= 4 is 16.7 Å². The van der Waals surface area contributed by atoms with E-state index in [4.69, 9.17) is 0 Å². The summed E-state index contributed by atoms with van der Waals surface area (Å²) in [6.45, 7) is 0.771. The first-order valence-corrected chi connectivity index (χ1v) is 7.55. The molecule has 0 aliphatic heterocycles. The molecular formula is C19H16N4. The van der Waals surface area contributed by atoms with E-state index in [9.17, 15) is 0 Å². The normalized spacial score (nSPS) is 10.8. The number of aromatic nitrogens is 3. The van der Waals surface area contributed by atoms with Crippen molar-refractivity contribution in [2.24, 2.45) is 0 Å². The molecule has 0 bridgehead atoms. The molecule has 0 saturated carbocycles. The second-order valence-electron chi connectivity index (χ2n) is 5.36. The van der Waals surface area contributed by atoms with E-state index in [1.807, 2.05) is 49.1 Å². The molecule has 0 fully saturated rings. The van der Waals surface area contributed by atoms with Gasteiger partial charge in [0.05, 0.1) is 11.0 Å². The molecule has 0 saturated heterocycles. The third-order valence-electron chi connectivity index (χ3n) is 3.83. The van der Waals surface area contributed by atoms with E-state index in [1.54, 1.807) is 0 Å². The van der Waals surface area contributed by atoms with Crippen molar-refractivity contribution in [3.05, 3.63) is 84.9 Å². The van der Waals surface area contributed by atoms with E-state index in [0.29, 0.717) is 0 Å². The van der Waals surface area contributed by atoms with Gasteiger partial charge in [-0.25, -0.2) is 4.98 Å². The number of hydrogen-bond acceptors (Lipinski definition) is 3. The number of fused-ring (bicyclic) bond motifs is 1. The van der Waals surface area contributed by atoms with Crippen LogP contribution < -0.4 is 5.32 Å². The summed E-state index contributed by atoms with van der Waals surface area (Å²) in [5, 5.41) is 3.43. The van der Waals surface area contributed by atoms with Gasteiger partial charge < -0.3 is 5.32 Å². The Balaban J connectivity index is 1.60. The number of rotatable bonds is 4. The number of imidazole rings is 1. The largest absolute Gasteiger partial charge is 0.381 e. The maximum Gasteiger partial charge on any atom is 0.100 e. The molecule has 0 aliphatic rings. The summed E-state index contributed by atoms with van der Waals surface area (Å²) in [6, 6.07) is 20.5. The lowest BCUT2D eigenvalue weighted by molar-refractivity contribution is 1.09. The van der Waals surface area contributed by atoms with Gasteiger partial charge in [0.15, 0.2) is 0 Å². The van der Waals surface area contributed by atoms with Gasteiger partial charge in [0.25, 0.3) is 0 Å². The lowest BCUT2D eigenvalue weighted by Gasteiger charge is -2.07. The quantitative estimate of drug-likeness (QED) is 0.618. The van der Waals surface area contributed by atoms with Crippen molar-refractivity contribution in [1.82, 2.24) is 14.5 Å². The number of pyridine rings is 1. The minimum atomic E-state index is 0.771. The van der Waals surface area contributed by atoms with Gasteiger partial charge in [0.2, 0.25) is 0 Å². The molecule has 2 aromatic carbocycles. The van der Waals surface area contributed by atoms with Crippen LogP contribution in [0.15, 0.2) is 79.4 Å². The summed E-state index contributed by atoms with van der Waals surface area (Å²) < 4.78 is 2.10. The van der Waals surface area contributed by atoms with Crippen LogP contribution in [-0.2, 0) is 6.54 Å². The minimum Gasteiger partial charge on any atom is -0.381 e. The van der Waals surface area contributed by atoms with Crippen molar-refractivity contribution < 1.29 is 0 Å². The Bertz CT molecular complexity index is 914. The number of para-hydroxylation sites is 1. The van der Waals surface area contributed by atoms with E-state index in [-0.39, 0.29) is 0 Å². The molecule has 4 nitrogen and oxygen atoms in total. The predicted octanol–water partition coefficient (Wildman–Crippen LogP) is 4.03. The molecule has 23 heavy (non-hydrogen) atoms. The highest BCUT2D eigenvalue weighted by Gasteiger charge is 2.05. The fourth-order valence-corrected chi connectivity index (χ4v) is 2.62. The Hall–Kier alpha value is -3.14. The number of nitrogens with zero attached hydrogens (tertiary/aromatic N) is 3. The zero-order valence-corrected chi connectivity index (χ0v) is 12.6. The number of nitrogens with one attached hydrogen (secondary N) is 1. The smallest absolute Gasteiger partial charge is 0.100 e. The van der Waals surface area contributed by atoms with Crippen LogP contribution in [0.1, 0.15) is 5.56 Å². The first-order valence-electron chi connectivity index (χ1n) is 7.55. The summed E-state index contributed by atoms with van der Waals surface area (Å²) >= 11 is 0. The van der Waals surface area contributed by atoms with Crippen molar-refractivity contribution in [1.29, 1.82) is 0 Å². The molecule has 2 aromatic heterocycles. The first kappa shape index (κ1) is 13.5. The van der Waals surface area contributed by atoms with Gasteiger partial charge in [-0.1, -0.05) is 18.2 Å². The molecule has 2 heterocycles. The first-order chi connectivity index (χ1) is 11.4. The zero-order valence-electron chi connectivity index (χ0n) is 12.6. The number of benzene rings is 2. The lowest BCUT2D eigenvalue weighted by Crippen LogP contribution is -1.99. The lowest BCUT2D eigenvalue weighted by atomic mass is 10.2. The molecule has 0 aliphatic carbocycles. The van der Waals surface area contributed by atoms with Gasteiger partial charge in [0.1, 0.15) is 6.33 Å². The number of hydrogen-bond donors (Lipinski definition) is 1. The fraction of sp³-hybridized carbons (Fsp3) is 0.0526. The van der Waals surface area contributed by atoms with Crippen molar-refractivity contribution in [2.45, 2.75) is 6.54 Å². The standard InChI is InChI=1S/C19H16N4/c1-2-4-17(5-3-1)23-14-22-18-12-16(6-7-19(18)23)21-13-15-8-10-20-11-9-15/h1-12,14,21H,13H2. The summed E-state index contributed by atoms with van der Waals surface area (Å²) in [4.78, 5) is 8.56. The minimum absolute atomic E-state index is 0.771. The third-order valence-corrected chi connectivity index (χ3v) is 3.83. The van der Waals surface area contributed by atoms with Crippen LogP contribution in [0.4, 0.5) is 5.69 Å². The Kier molecular flexibility index (Phi) is 3.48. The van der Waals surface area contributed by atoms with E-state index in [2.05, 4.69) is 50.2 Å². The van der Waals surface area contributed by atoms with Crippen LogP contribution >= 0.6 is 0 Å². The van der Waals surface area contributed by atoms with Crippen LogP contribution in [0, 0.1) is 0 Å². The summed E-state index contributed by atoms with van der Waals surface area (Å²) in [5.41, 5.74) is 5.47. The Morgan fingerprint density at radius 3 is 2.57 bits per heavy atom. The molecule has 0 spiro atoms. The molecule has 4 heteroatoms. The highest BCUT2D eigenvalue weighted by molar-refractivity contribution is 5.81. The molecule has 0 radical (unpaired) electrons. The SMILES string of the molecule is c1ccc(-n2cnc3cc(NCc4ccncc4)ccc32)cc1. The van der Waals surface area contributed by atoms with E-state index < -0.39 is 0 Å². The molecular weight excluding hydrogens is 284 g/mol. The van der Waals surface area contributed by atoms with Gasteiger partial charge in [-0.2, -0.15) is 0 Å². The van der Waals surface area contributed by atoms with Crippen LogP contribution in [0.5, 0.6) is 0 Å². The van der Waals surface area contributed by atoms with Crippen molar-refractivity contribution in [3.8, 4) is 5.69 Å². The van der Waals surface area contributed by atoms with Crippen LogP contribution in [0.3, 0.4) is 0 Å². The second-order valence-corrected chi connectivity index (χ2v) is 5.36. The average Bonchev–Trinajstić information content (AvgIpc) is 3.05. The summed E-state index contributed by atoms with van der Waals surface area (Å²) in [6.07, 6.45) is 5.48. The van der Waals surface area contributed by atoms with Crippen molar-refractivity contribution in [3.63, 3.8) is 0 Å². The summed E-state index contributed by atoms with van der Waals surface area (Å²) in [5.74, 6) is 0. The van der Waals surface area contributed by atoms with Crippen LogP contribution in [-0.4, -0.2) is 14.5 Å². The van der Waals surface area contributed by atoms with Gasteiger partial charge in [-0.3, -0.25) is 9.55 Å². The predicted molar refractivity (Wildman–Crippen MR) is 92.6 cm³/mol. The molecule has 0 unspecified atom stereocenters. The summed E-state index contributed by atoms with van der Waals surface area (Å²) in [7, 11) is 0. The maximum absolute atomic E-state index is 4.52. The molecule has 4 aromatic rings. The van der Waals surface area contributed by atoms with E-state index in [1.165, 1.54) is 5.56 Å². The highest BCUT2D eigenvalue weighted by Crippen LogP contribution is 2.21. The topological polar surface area (TPSA) is 42.7 Å². The van der Waals surface area contributed by atoms with Gasteiger partial charge in [-0.15, -0.1) is 0 Å². The van der Waals surface area contributed by atoms with Crippen molar-refractivity contribution in [2.75, 3.05) is 5.32 Å².